The normalized spacial score (nSPS) is 20.6. The summed E-state index contributed by atoms with van der Waals surface area (Å²) in [6, 6.07) is 1.93. The van der Waals surface area contributed by atoms with Gasteiger partial charge in [-0.15, -0.1) is 11.3 Å². The standard InChI is InChI=1S/C18H23N3O3S/c1-18(2,24)12-6-15(25-9-12)16(23)14-7-19-10-20-17(14)21-13-4-3-11(5-13)8-22/h6-7,9-11,13,22,24H,3-5,8H2,1-2H3,(H,19,20,21). The molecule has 2 aromatic rings. The maximum Gasteiger partial charge on any atom is 0.208 e. The molecule has 1 saturated carbocycles. The molecule has 0 spiro atoms. The molecule has 25 heavy (non-hydrogen) atoms. The van der Waals surface area contributed by atoms with Crippen LogP contribution in [0.15, 0.2) is 24.0 Å². The third kappa shape index (κ3) is 4.05. The highest BCUT2D eigenvalue weighted by Gasteiger charge is 2.27. The van der Waals surface area contributed by atoms with Gasteiger partial charge in [0.2, 0.25) is 5.78 Å². The largest absolute Gasteiger partial charge is 0.396 e. The average Bonchev–Trinajstić information content (AvgIpc) is 3.23. The number of hydrogen-bond acceptors (Lipinski definition) is 7. The number of anilines is 1. The second kappa shape index (κ2) is 7.19. The number of thiophene rings is 1. The number of carbonyl (C=O) groups excluding carboxylic acids is 1. The Labute approximate surface area is 151 Å². The predicted octanol–water partition coefficient (Wildman–Crippen LogP) is 2.57. The minimum absolute atomic E-state index is 0.152. The second-order valence-electron chi connectivity index (χ2n) is 7.08. The molecule has 1 aliphatic rings. The van der Waals surface area contributed by atoms with Gasteiger partial charge in [-0.05, 0) is 56.0 Å². The summed E-state index contributed by atoms with van der Waals surface area (Å²) in [5.74, 6) is 0.687. The third-order valence-electron chi connectivity index (χ3n) is 4.63. The van der Waals surface area contributed by atoms with E-state index >= 15 is 0 Å². The molecule has 2 aromatic heterocycles. The Balaban J connectivity index is 1.80. The van der Waals surface area contributed by atoms with Crippen LogP contribution in [0, 0.1) is 5.92 Å². The summed E-state index contributed by atoms with van der Waals surface area (Å²) in [4.78, 5) is 21.7. The lowest BCUT2D eigenvalue weighted by molar-refractivity contribution is 0.0790. The van der Waals surface area contributed by atoms with Crippen molar-refractivity contribution in [1.29, 1.82) is 0 Å². The zero-order valence-electron chi connectivity index (χ0n) is 14.4. The molecule has 0 bridgehead atoms. The molecule has 7 heteroatoms. The van der Waals surface area contributed by atoms with Crippen molar-refractivity contribution < 1.29 is 15.0 Å². The Kier molecular flexibility index (Phi) is 5.17. The van der Waals surface area contributed by atoms with Gasteiger partial charge in [-0.1, -0.05) is 0 Å². The molecule has 2 atom stereocenters. The zero-order valence-corrected chi connectivity index (χ0v) is 15.2. The maximum absolute atomic E-state index is 12.9. The molecule has 0 aliphatic heterocycles. The number of aromatic nitrogens is 2. The van der Waals surface area contributed by atoms with Crippen molar-refractivity contribution in [3.05, 3.63) is 40.0 Å². The summed E-state index contributed by atoms with van der Waals surface area (Å²) in [6.45, 7) is 3.59. The van der Waals surface area contributed by atoms with Gasteiger partial charge in [-0.3, -0.25) is 4.79 Å². The number of aliphatic hydroxyl groups is 2. The van der Waals surface area contributed by atoms with E-state index in [-0.39, 0.29) is 18.4 Å². The van der Waals surface area contributed by atoms with E-state index in [4.69, 9.17) is 0 Å². The highest BCUT2D eigenvalue weighted by Crippen LogP contribution is 2.30. The van der Waals surface area contributed by atoms with Crippen molar-refractivity contribution in [2.45, 2.75) is 44.8 Å². The zero-order chi connectivity index (χ0) is 18.0. The van der Waals surface area contributed by atoms with E-state index in [2.05, 4.69) is 15.3 Å². The molecule has 0 saturated heterocycles. The molecular weight excluding hydrogens is 338 g/mol. The van der Waals surface area contributed by atoms with Gasteiger partial charge in [0.1, 0.15) is 12.1 Å². The molecule has 3 rings (SSSR count). The first-order chi connectivity index (χ1) is 11.9. The van der Waals surface area contributed by atoms with E-state index < -0.39 is 5.60 Å². The lowest BCUT2D eigenvalue weighted by Gasteiger charge is -2.15. The van der Waals surface area contributed by atoms with Crippen molar-refractivity contribution in [2.75, 3.05) is 11.9 Å². The Bertz CT molecular complexity index is 754. The van der Waals surface area contributed by atoms with E-state index in [9.17, 15) is 15.0 Å². The third-order valence-corrected chi connectivity index (χ3v) is 5.56. The fourth-order valence-electron chi connectivity index (χ4n) is 3.08. The van der Waals surface area contributed by atoms with E-state index in [1.807, 2.05) is 0 Å². The highest BCUT2D eigenvalue weighted by atomic mass is 32.1. The number of ketones is 1. The van der Waals surface area contributed by atoms with Gasteiger partial charge in [-0.2, -0.15) is 0 Å². The van der Waals surface area contributed by atoms with Crippen LogP contribution in [0.5, 0.6) is 0 Å². The molecular formula is C18H23N3O3S. The SMILES string of the molecule is CC(C)(O)c1csc(C(=O)c2cncnc2NC2CCC(CO)C2)c1. The summed E-state index contributed by atoms with van der Waals surface area (Å²) in [7, 11) is 0. The molecule has 0 aromatic carbocycles. The number of hydrogen-bond donors (Lipinski definition) is 3. The van der Waals surface area contributed by atoms with Crippen LogP contribution in [-0.4, -0.2) is 38.6 Å². The van der Waals surface area contributed by atoms with Gasteiger partial charge in [0.05, 0.1) is 16.0 Å². The van der Waals surface area contributed by atoms with Crippen LogP contribution >= 0.6 is 11.3 Å². The molecule has 3 N–H and O–H groups in total. The van der Waals surface area contributed by atoms with Crippen LogP contribution in [0.4, 0.5) is 5.82 Å². The number of rotatable bonds is 6. The highest BCUT2D eigenvalue weighted by molar-refractivity contribution is 7.12. The first kappa shape index (κ1) is 18.0. The quantitative estimate of drug-likeness (QED) is 0.685. The summed E-state index contributed by atoms with van der Waals surface area (Å²) < 4.78 is 0. The summed E-state index contributed by atoms with van der Waals surface area (Å²) in [5.41, 5.74) is 0.166. The smallest absolute Gasteiger partial charge is 0.208 e. The van der Waals surface area contributed by atoms with E-state index in [1.54, 1.807) is 25.3 Å². The number of aliphatic hydroxyl groups excluding tert-OH is 1. The monoisotopic (exact) mass is 361 g/mol. The van der Waals surface area contributed by atoms with Gasteiger partial charge >= 0.3 is 0 Å². The lowest BCUT2D eigenvalue weighted by atomic mass is 10.0. The number of carbonyl (C=O) groups is 1. The van der Waals surface area contributed by atoms with Crippen LogP contribution < -0.4 is 5.32 Å². The molecule has 1 aliphatic carbocycles. The van der Waals surface area contributed by atoms with Crippen molar-refractivity contribution >= 4 is 22.9 Å². The fraction of sp³-hybridized carbons (Fsp3) is 0.500. The van der Waals surface area contributed by atoms with Gasteiger partial charge in [0.15, 0.2) is 0 Å². The Hall–Kier alpha value is -1.83. The Morgan fingerprint density at radius 3 is 2.88 bits per heavy atom. The van der Waals surface area contributed by atoms with Crippen LogP contribution in [0.3, 0.4) is 0 Å². The minimum Gasteiger partial charge on any atom is -0.396 e. The Morgan fingerprint density at radius 1 is 1.44 bits per heavy atom. The van der Waals surface area contributed by atoms with Crippen molar-refractivity contribution in [2.24, 2.45) is 5.92 Å². The first-order valence-electron chi connectivity index (χ1n) is 8.42. The molecule has 2 unspecified atom stereocenters. The van der Waals surface area contributed by atoms with Crippen LogP contribution in [-0.2, 0) is 5.60 Å². The molecule has 6 nitrogen and oxygen atoms in total. The summed E-state index contributed by atoms with van der Waals surface area (Å²) >= 11 is 1.31. The van der Waals surface area contributed by atoms with Crippen molar-refractivity contribution in [3.63, 3.8) is 0 Å². The van der Waals surface area contributed by atoms with Crippen molar-refractivity contribution in [1.82, 2.24) is 9.97 Å². The van der Waals surface area contributed by atoms with Gasteiger partial charge < -0.3 is 15.5 Å². The number of nitrogens with one attached hydrogen (secondary N) is 1. The molecule has 0 amide bonds. The van der Waals surface area contributed by atoms with Gasteiger partial charge in [0.25, 0.3) is 0 Å². The average molecular weight is 361 g/mol. The predicted molar refractivity (Wildman–Crippen MR) is 96.9 cm³/mol. The summed E-state index contributed by atoms with van der Waals surface area (Å²) in [6.07, 6.45) is 5.75. The fourth-order valence-corrected chi connectivity index (χ4v) is 4.11. The van der Waals surface area contributed by atoms with E-state index in [0.717, 1.165) is 19.3 Å². The minimum atomic E-state index is -0.980. The van der Waals surface area contributed by atoms with Gasteiger partial charge in [0, 0.05) is 18.8 Å². The van der Waals surface area contributed by atoms with Crippen molar-refractivity contribution in [3.8, 4) is 0 Å². The number of nitrogens with zero attached hydrogens (tertiary/aromatic N) is 2. The van der Waals surface area contributed by atoms with E-state index in [0.29, 0.717) is 27.7 Å². The van der Waals surface area contributed by atoms with Crippen LogP contribution in [0.2, 0.25) is 0 Å². The Morgan fingerprint density at radius 2 is 2.24 bits per heavy atom. The first-order valence-corrected chi connectivity index (χ1v) is 9.30. The van der Waals surface area contributed by atoms with Crippen LogP contribution in [0.25, 0.3) is 0 Å². The van der Waals surface area contributed by atoms with E-state index in [1.165, 1.54) is 23.9 Å². The lowest BCUT2D eigenvalue weighted by Crippen LogP contribution is -2.19. The second-order valence-corrected chi connectivity index (χ2v) is 7.99. The molecule has 2 heterocycles. The van der Waals surface area contributed by atoms with Crippen LogP contribution in [0.1, 0.15) is 53.9 Å². The topological polar surface area (TPSA) is 95.3 Å². The summed E-state index contributed by atoms with van der Waals surface area (Å²) in [5, 5.41) is 24.5. The maximum atomic E-state index is 12.9. The van der Waals surface area contributed by atoms with Gasteiger partial charge in [-0.25, -0.2) is 9.97 Å². The molecule has 134 valence electrons. The molecule has 0 radical (unpaired) electrons. The molecule has 1 fully saturated rings.